The van der Waals surface area contributed by atoms with Crippen LogP contribution in [0.2, 0.25) is 0 Å². The predicted octanol–water partition coefficient (Wildman–Crippen LogP) is 0.193. The van der Waals surface area contributed by atoms with Gasteiger partial charge in [-0.15, -0.1) is 0 Å². The summed E-state index contributed by atoms with van der Waals surface area (Å²) >= 11 is 1.40. The van der Waals surface area contributed by atoms with Crippen molar-refractivity contribution in [3.05, 3.63) is 33.7 Å². The number of thiazole rings is 1. The zero-order valence-electron chi connectivity index (χ0n) is 14.0. The van der Waals surface area contributed by atoms with E-state index in [-0.39, 0.29) is 42.6 Å². The maximum absolute atomic E-state index is 11.4. The molecule has 0 aromatic carbocycles. The van der Waals surface area contributed by atoms with Gasteiger partial charge >= 0.3 is 45.2 Å². The monoisotopic (exact) mass is 449 g/mol. The Hall–Kier alpha value is -0.230. The van der Waals surface area contributed by atoms with E-state index in [4.69, 9.17) is 15.5 Å². The van der Waals surface area contributed by atoms with Crippen LogP contribution in [-0.2, 0) is 30.9 Å². The number of anilines is 1. The Morgan fingerprint density at radius 2 is 1.96 bits per heavy atom. The molecule has 0 aliphatic heterocycles. The van der Waals surface area contributed by atoms with Crippen LogP contribution >= 0.6 is 27.0 Å². The van der Waals surface area contributed by atoms with Crippen molar-refractivity contribution in [2.24, 2.45) is 0 Å². The van der Waals surface area contributed by atoms with Crippen molar-refractivity contribution in [3.8, 4) is 0 Å². The molecule has 0 spiro atoms. The van der Waals surface area contributed by atoms with E-state index in [1.54, 1.807) is 13.1 Å². The van der Waals surface area contributed by atoms with Gasteiger partial charge in [0.1, 0.15) is 11.6 Å². The summed E-state index contributed by atoms with van der Waals surface area (Å²) in [5.41, 5.74) is 9.40. The summed E-state index contributed by atoms with van der Waals surface area (Å²) in [6.45, 7) is 3.83. The molecule has 2 aromatic rings. The molecular weight excluding hydrogens is 429 g/mol. The molecule has 0 aliphatic rings. The van der Waals surface area contributed by atoms with Gasteiger partial charge < -0.3 is 20.4 Å². The van der Waals surface area contributed by atoms with E-state index >= 15 is 0 Å². The van der Waals surface area contributed by atoms with Gasteiger partial charge in [0.05, 0.1) is 17.0 Å². The molecule has 0 saturated heterocycles. The van der Waals surface area contributed by atoms with Gasteiger partial charge in [-0.25, -0.2) is 19.1 Å². The maximum atomic E-state index is 11.4. The van der Waals surface area contributed by atoms with Crippen LogP contribution in [0.3, 0.4) is 0 Å². The molecule has 0 bridgehead atoms. The molecule has 5 N–H and O–H groups in total. The number of hydrogen-bond acceptors (Lipinski definition) is 8. The summed E-state index contributed by atoms with van der Waals surface area (Å²) in [4.78, 5) is 35.4. The van der Waals surface area contributed by atoms with Gasteiger partial charge in [-0.1, -0.05) is 11.3 Å². The first-order chi connectivity index (χ1) is 12.0. The van der Waals surface area contributed by atoms with Crippen molar-refractivity contribution < 1.29 is 37.2 Å². The van der Waals surface area contributed by atoms with E-state index in [2.05, 4.69) is 18.8 Å². The molecule has 2 rings (SSSR count). The Morgan fingerprint density at radius 3 is 2.56 bits per heavy atom. The van der Waals surface area contributed by atoms with Crippen LogP contribution in [-0.4, -0.2) is 60.8 Å². The molecule has 27 heavy (non-hydrogen) atoms. The summed E-state index contributed by atoms with van der Waals surface area (Å²) in [5.74, 6) is 0.985. The zero-order valence-corrected chi connectivity index (χ0v) is 16.6. The zero-order chi connectivity index (χ0) is 19.5. The van der Waals surface area contributed by atoms with Crippen LogP contribution in [0.25, 0.3) is 0 Å². The Morgan fingerprint density at radius 1 is 1.30 bits per heavy atom. The number of hydrogen-bond donors (Lipinski definition) is 4. The van der Waals surface area contributed by atoms with E-state index in [1.807, 2.05) is 17.0 Å². The van der Waals surface area contributed by atoms with Crippen LogP contribution < -0.4 is 10.3 Å². The molecule has 1 atom stereocenters. The van der Waals surface area contributed by atoms with Gasteiger partial charge in [0.15, 0.2) is 12.2 Å². The van der Waals surface area contributed by atoms with Gasteiger partial charge in [0.25, 0.3) is 0 Å². The second kappa shape index (κ2) is 10.00. The van der Waals surface area contributed by atoms with Crippen molar-refractivity contribution in [2.45, 2.75) is 26.8 Å². The Balaban J connectivity index is 0.00000364. The number of nitrogens with two attached hydrogens (primary N) is 1. The van der Waals surface area contributed by atoms with Gasteiger partial charge in [-0.3, -0.25) is 4.52 Å². The number of phosphoric ester groups is 1. The van der Waals surface area contributed by atoms with Crippen molar-refractivity contribution >= 4 is 62.4 Å². The normalized spacial score (nSPS) is 13.8. The number of rotatable bonds is 8. The summed E-state index contributed by atoms with van der Waals surface area (Å²) in [5, 5.41) is 0. The molecular formula is C12H20N4NaO7P2S+. The second-order valence-electron chi connectivity index (χ2n) is 5.31. The van der Waals surface area contributed by atoms with Gasteiger partial charge in [0, 0.05) is 19.5 Å². The first-order valence-electron chi connectivity index (χ1n) is 7.25. The van der Waals surface area contributed by atoms with Crippen molar-refractivity contribution in [1.82, 2.24) is 9.97 Å². The van der Waals surface area contributed by atoms with Gasteiger partial charge in [-0.05, 0) is 6.92 Å². The molecule has 2 heterocycles. The van der Waals surface area contributed by atoms with Crippen molar-refractivity contribution in [1.29, 1.82) is 0 Å². The summed E-state index contributed by atoms with van der Waals surface area (Å²) in [6.07, 6.45) is 1.92. The standard InChI is InChI=1S/C12H18N4O7P2S.Na.H/c1-8-11(3-4-22-25(20,21)23-24(17,18)19)26-7-16(8)6-10-5-14-9(2)15-12(10)13;;/h5,7H,3-4,6H2,1-2H3,(H4-,13,14,15,17,18,19,20,21);;/p+1. The van der Waals surface area contributed by atoms with Gasteiger partial charge in [0.2, 0.25) is 5.51 Å². The topological polar surface area (TPSA) is 169 Å². The third-order valence-electron chi connectivity index (χ3n) is 3.31. The number of nitrogens with zero attached hydrogens (tertiary/aromatic N) is 3. The van der Waals surface area contributed by atoms with Crippen LogP contribution in [0.4, 0.5) is 5.82 Å². The fourth-order valence-corrected chi connectivity index (χ4v) is 4.64. The molecule has 15 heteroatoms. The molecule has 0 aliphatic carbocycles. The number of phosphoric acid groups is 2. The average molecular weight is 449 g/mol. The van der Waals surface area contributed by atoms with Crippen LogP contribution in [0.5, 0.6) is 0 Å². The number of aryl methyl sites for hydroxylation is 1. The summed E-state index contributed by atoms with van der Waals surface area (Å²) in [7, 11) is -9.94. The quantitative estimate of drug-likeness (QED) is 0.248. The van der Waals surface area contributed by atoms with E-state index in [1.165, 1.54) is 11.3 Å². The third-order valence-corrected chi connectivity index (χ3v) is 6.64. The minimum atomic E-state index is -5.12. The molecule has 0 fully saturated rings. The summed E-state index contributed by atoms with van der Waals surface area (Å²) in [6, 6.07) is 0. The van der Waals surface area contributed by atoms with E-state index in [0.717, 1.165) is 16.1 Å². The summed E-state index contributed by atoms with van der Waals surface area (Å²) < 4.78 is 32.2. The Kier molecular flexibility index (Phi) is 9.18. The van der Waals surface area contributed by atoms with E-state index in [0.29, 0.717) is 18.2 Å². The molecule has 0 saturated carbocycles. The fourth-order valence-electron chi connectivity index (χ4n) is 2.08. The number of aromatic nitrogens is 3. The Bertz CT molecular complexity index is 891. The van der Waals surface area contributed by atoms with Crippen molar-refractivity contribution in [2.75, 3.05) is 12.3 Å². The van der Waals surface area contributed by atoms with Crippen molar-refractivity contribution in [3.63, 3.8) is 0 Å². The van der Waals surface area contributed by atoms with Crippen LogP contribution in [0, 0.1) is 13.8 Å². The molecule has 146 valence electrons. The second-order valence-corrected chi connectivity index (χ2v) is 9.08. The molecule has 2 aromatic heterocycles. The van der Waals surface area contributed by atoms with E-state index < -0.39 is 15.6 Å². The van der Waals surface area contributed by atoms with Crippen LogP contribution in [0.1, 0.15) is 22.0 Å². The Labute approximate surface area is 181 Å². The SMILES string of the molecule is Cc1ncc(C[n+]2csc(CCOP(=O)(O)OP(=O)(O)O)c2C)c(N)n1.[NaH]. The first-order valence-corrected chi connectivity index (χ1v) is 11.2. The third kappa shape index (κ3) is 7.96. The molecule has 11 nitrogen and oxygen atoms in total. The number of nitrogen functional groups attached to an aromatic ring is 1. The predicted molar refractivity (Wildman–Crippen MR) is 99.3 cm³/mol. The van der Waals surface area contributed by atoms with E-state index in [9.17, 15) is 14.0 Å². The minimum absolute atomic E-state index is 0. The molecule has 0 radical (unpaired) electrons. The fraction of sp³-hybridized carbons (Fsp3) is 0.417. The molecule has 1 unspecified atom stereocenters. The first kappa shape index (κ1) is 24.8. The van der Waals surface area contributed by atoms with Gasteiger partial charge in [-0.2, -0.15) is 8.88 Å². The van der Waals surface area contributed by atoms with Crippen LogP contribution in [0.15, 0.2) is 11.7 Å². The average Bonchev–Trinajstić information content (AvgIpc) is 2.80. The molecule has 0 amide bonds.